The molecule has 1 unspecified atom stereocenters. The molecule has 0 aromatic heterocycles. The number of ether oxygens (including phenoxy) is 1. The third-order valence-corrected chi connectivity index (χ3v) is 5.42. The van der Waals surface area contributed by atoms with Crippen LogP contribution in [0.5, 0.6) is 5.75 Å². The van der Waals surface area contributed by atoms with Gasteiger partial charge in [-0.05, 0) is 54.7 Å². The van der Waals surface area contributed by atoms with Gasteiger partial charge in [0.25, 0.3) is 5.91 Å². The summed E-state index contributed by atoms with van der Waals surface area (Å²) in [6.45, 7) is 8.80. The van der Waals surface area contributed by atoms with Gasteiger partial charge in [-0.2, -0.15) is 0 Å². The maximum Gasteiger partial charge on any atom is 0.261 e. The molecule has 5 nitrogen and oxygen atoms in total. The van der Waals surface area contributed by atoms with Gasteiger partial charge in [0.05, 0.1) is 0 Å². The molecule has 0 fully saturated rings. The Balaban J connectivity index is 2.09. The highest BCUT2D eigenvalue weighted by atomic mass is 79.9. The Hall–Kier alpha value is -2.34. The summed E-state index contributed by atoms with van der Waals surface area (Å²) in [6.07, 6.45) is 0.842. The van der Waals surface area contributed by atoms with E-state index in [1.165, 1.54) is 5.56 Å². The van der Waals surface area contributed by atoms with E-state index in [0.717, 1.165) is 16.5 Å². The Bertz CT molecular complexity index is 819. The van der Waals surface area contributed by atoms with Crippen LogP contribution < -0.4 is 10.1 Å². The van der Waals surface area contributed by atoms with Crippen molar-refractivity contribution in [3.63, 3.8) is 0 Å². The summed E-state index contributed by atoms with van der Waals surface area (Å²) < 4.78 is 6.68. The van der Waals surface area contributed by atoms with Gasteiger partial charge in [0.1, 0.15) is 11.8 Å². The molecule has 0 aliphatic rings. The zero-order chi connectivity index (χ0) is 22.1. The molecule has 6 heteroatoms. The minimum absolute atomic E-state index is 0.122. The van der Waals surface area contributed by atoms with Crippen LogP contribution in [0.25, 0.3) is 0 Å². The lowest BCUT2D eigenvalue weighted by atomic mass is 10.0. The van der Waals surface area contributed by atoms with Crippen molar-refractivity contribution in [2.75, 3.05) is 13.2 Å². The number of nitrogens with one attached hydrogen (secondary N) is 1. The highest BCUT2D eigenvalue weighted by Gasteiger charge is 2.26. The maximum absolute atomic E-state index is 13.0. The number of carbonyl (C=O) groups is 2. The SMILES string of the molecule is CCCNC(=O)C(C)N(Cc1ccc(Br)cc1)C(=O)COc1ccc(C(C)C)cc1. The molecule has 1 N–H and O–H groups in total. The molecule has 2 rings (SSSR count). The Morgan fingerprint density at radius 2 is 1.67 bits per heavy atom. The zero-order valence-electron chi connectivity index (χ0n) is 18.2. The third kappa shape index (κ3) is 7.17. The molecule has 1 atom stereocenters. The van der Waals surface area contributed by atoms with Crippen LogP contribution in [0, 0.1) is 0 Å². The summed E-state index contributed by atoms with van der Waals surface area (Å²) >= 11 is 3.42. The van der Waals surface area contributed by atoms with Gasteiger partial charge in [-0.3, -0.25) is 9.59 Å². The van der Waals surface area contributed by atoms with Gasteiger partial charge in [0.15, 0.2) is 6.61 Å². The van der Waals surface area contributed by atoms with Gasteiger partial charge in [0.2, 0.25) is 5.91 Å². The van der Waals surface area contributed by atoms with Crippen molar-refractivity contribution in [2.24, 2.45) is 0 Å². The van der Waals surface area contributed by atoms with Crippen LogP contribution in [0.1, 0.15) is 51.2 Å². The van der Waals surface area contributed by atoms with Crippen LogP contribution >= 0.6 is 15.9 Å². The predicted molar refractivity (Wildman–Crippen MR) is 123 cm³/mol. The summed E-state index contributed by atoms with van der Waals surface area (Å²) in [6, 6.07) is 14.9. The molecule has 0 heterocycles. The van der Waals surface area contributed by atoms with Gasteiger partial charge in [-0.25, -0.2) is 0 Å². The first-order valence-corrected chi connectivity index (χ1v) is 11.2. The Kier molecular flexibility index (Phi) is 9.37. The molecule has 0 aliphatic carbocycles. The molecule has 30 heavy (non-hydrogen) atoms. The molecular weight excluding hydrogens is 444 g/mol. The number of rotatable bonds is 10. The molecule has 0 spiro atoms. The van der Waals surface area contributed by atoms with Crippen molar-refractivity contribution in [3.8, 4) is 5.75 Å². The number of hydrogen-bond donors (Lipinski definition) is 1. The highest BCUT2D eigenvalue weighted by Crippen LogP contribution is 2.19. The summed E-state index contributed by atoms with van der Waals surface area (Å²) in [5.74, 6) is 0.678. The number of nitrogens with zero attached hydrogens (tertiary/aromatic N) is 1. The van der Waals surface area contributed by atoms with E-state index in [-0.39, 0.29) is 18.4 Å². The second kappa shape index (κ2) is 11.7. The quantitative estimate of drug-likeness (QED) is 0.532. The predicted octanol–water partition coefficient (Wildman–Crippen LogP) is 4.89. The Morgan fingerprint density at radius 3 is 2.23 bits per heavy atom. The maximum atomic E-state index is 13.0. The van der Waals surface area contributed by atoms with Crippen LogP contribution in [0.2, 0.25) is 0 Å². The minimum atomic E-state index is -0.598. The second-order valence-electron chi connectivity index (χ2n) is 7.63. The average Bonchev–Trinajstić information content (AvgIpc) is 2.75. The molecule has 162 valence electrons. The monoisotopic (exact) mass is 474 g/mol. The molecule has 0 aliphatic heterocycles. The zero-order valence-corrected chi connectivity index (χ0v) is 19.7. The summed E-state index contributed by atoms with van der Waals surface area (Å²) in [5, 5.41) is 2.87. The Labute approximate surface area is 187 Å². The van der Waals surface area contributed by atoms with E-state index < -0.39 is 6.04 Å². The molecule has 0 saturated carbocycles. The molecule has 2 aromatic rings. The smallest absolute Gasteiger partial charge is 0.261 e. The molecule has 2 amide bonds. The van der Waals surface area contributed by atoms with Crippen molar-refractivity contribution < 1.29 is 14.3 Å². The van der Waals surface area contributed by atoms with Crippen molar-refractivity contribution in [1.29, 1.82) is 0 Å². The lowest BCUT2D eigenvalue weighted by Gasteiger charge is -2.28. The van der Waals surface area contributed by atoms with Gasteiger partial charge >= 0.3 is 0 Å². The first-order valence-electron chi connectivity index (χ1n) is 10.4. The van der Waals surface area contributed by atoms with Crippen molar-refractivity contribution in [1.82, 2.24) is 10.2 Å². The highest BCUT2D eigenvalue weighted by molar-refractivity contribution is 9.10. The van der Waals surface area contributed by atoms with E-state index in [2.05, 4.69) is 35.1 Å². The summed E-state index contributed by atoms with van der Waals surface area (Å²) in [4.78, 5) is 27.1. The fraction of sp³-hybridized carbons (Fsp3) is 0.417. The lowest BCUT2D eigenvalue weighted by Crippen LogP contribution is -2.49. The number of benzene rings is 2. The Morgan fingerprint density at radius 1 is 1.03 bits per heavy atom. The van der Waals surface area contributed by atoms with Crippen LogP contribution in [0.4, 0.5) is 0 Å². The van der Waals surface area contributed by atoms with Crippen molar-refractivity contribution in [3.05, 3.63) is 64.1 Å². The van der Waals surface area contributed by atoms with E-state index >= 15 is 0 Å². The van der Waals surface area contributed by atoms with E-state index in [9.17, 15) is 9.59 Å². The minimum Gasteiger partial charge on any atom is -0.484 e. The fourth-order valence-corrected chi connectivity index (χ4v) is 3.21. The largest absolute Gasteiger partial charge is 0.484 e. The second-order valence-corrected chi connectivity index (χ2v) is 8.54. The number of halogens is 1. The van der Waals surface area contributed by atoms with E-state index in [1.54, 1.807) is 11.8 Å². The molecule has 0 bridgehead atoms. The van der Waals surface area contributed by atoms with Crippen LogP contribution in [-0.4, -0.2) is 35.9 Å². The standard InChI is InChI=1S/C24H31BrN2O3/c1-5-14-26-24(29)18(4)27(15-19-6-10-21(25)11-7-19)23(28)16-30-22-12-8-20(9-13-22)17(2)3/h6-13,17-18H,5,14-16H2,1-4H3,(H,26,29). The third-order valence-electron chi connectivity index (χ3n) is 4.89. The lowest BCUT2D eigenvalue weighted by molar-refractivity contribution is -0.142. The van der Waals surface area contributed by atoms with Gasteiger partial charge in [0, 0.05) is 17.6 Å². The fourth-order valence-electron chi connectivity index (χ4n) is 2.94. The summed E-state index contributed by atoms with van der Waals surface area (Å²) in [7, 11) is 0. The molecule has 0 radical (unpaired) electrons. The normalized spacial score (nSPS) is 11.8. The number of carbonyl (C=O) groups excluding carboxylic acids is 2. The van der Waals surface area contributed by atoms with E-state index in [0.29, 0.717) is 24.8 Å². The van der Waals surface area contributed by atoms with Crippen LogP contribution in [0.15, 0.2) is 53.0 Å². The van der Waals surface area contributed by atoms with E-state index in [1.807, 2.05) is 55.5 Å². The number of hydrogen-bond acceptors (Lipinski definition) is 3. The molecular formula is C24H31BrN2O3. The van der Waals surface area contributed by atoms with Crippen LogP contribution in [0.3, 0.4) is 0 Å². The topological polar surface area (TPSA) is 58.6 Å². The summed E-state index contributed by atoms with van der Waals surface area (Å²) in [5.41, 5.74) is 2.16. The van der Waals surface area contributed by atoms with Gasteiger partial charge in [-0.1, -0.05) is 61.0 Å². The van der Waals surface area contributed by atoms with E-state index in [4.69, 9.17) is 4.74 Å². The first kappa shape index (κ1) is 23.9. The first-order chi connectivity index (χ1) is 14.3. The van der Waals surface area contributed by atoms with Crippen molar-refractivity contribution >= 4 is 27.7 Å². The average molecular weight is 475 g/mol. The van der Waals surface area contributed by atoms with Gasteiger partial charge < -0.3 is 15.0 Å². The molecule has 0 saturated heterocycles. The van der Waals surface area contributed by atoms with Crippen molar-refractivity contribution in [2.45, 2.75) is 52.6 Å². The van der Waals surface area contributed by atoms with Crippen LogP contribution in [-0.2, 0) is 16.1 Å². The number of amides is 2. The van der Waals surface area contributed by atoms with Gasteiger partial charge in [-0.15, -0.1) is 0 Å². The molecule has 2 aromatic carbocycles.